The summed E-state index contributed by atoms with van der Waals surface area (Å²) in [6.45, 7) is -0.105. The molecular weight excluding hydrogens is 326 g/mol. The van der Waals surface area contributed by atoms with Crippen LogP contribution in [0.5, 0.6) is 0 Å². The number of aromatic nitrogens is 3. The Balaban J connectivity index is 1.58. The summed E-state index contributed by atoms with van der Waals surface area (Å²) in [6.07, 6.45) is 5.81. The number of para-hydroxylation sites is 1. The highest BCUT2D eigenvalue weighted by Gasteiger charge is 2.09. The van der Waals surface area contributed by atoms with E-state index in [0.29, 0.717) is 5.76 Å². The van der Waals surface area contributed by atoms with Gasteiger partial charge in [-0.1, -0.05) is 18.2 Å². The molecular formula is C21H15N3O2. The van der Waals surface area contributed by atoms with Gasteiger partial charge >= 0.3 is 0 Å². The predicted molar refractivity (Wildman–Crippen MR) is 99.6 cm³/mol. The van der Waals surface area contributed by atoms with Gasteiger partial charge in [0, 0.05) is 35.1 Å². The molecule has 1 N–H and O–H groups in total. The number of hydrogen-bond acceptors (Lipinski definition) is 4. The van der Waals surface area contributed by atoms with Gasteiger partial charge in [0.15, 0.2) is 0 Å². The van der Waals surface area contributed by atoms with Crippen molar-refractivity contribution in [1.29, 1.82) is 0 Å². The maximum absolute atomic E-state index is 9.16. The molecule has 4 aromatic heterocycles. The molecule has 0 aliphatic carbocycles. The van der Waals surface area contributed by atoms with Crippen LogP contribution in [-0.2, 0) is 6.61 Å². The highest BCUT2D eigenvalue weighted by molar-refractivity contribution is 5.83. The van der Waals surface area contributed by atoms with Crippen LogP contribution in [-0.4, -0.2) is 19.5 Å². The molecule has 126 valence electrons. The molecule has 4 heterocycles. The molecule has 26 heavy (non-hydrogen) atoms. The van der Waals surface area contributed by atoms with Crippen molar-refractivity contribution in [2.75, 3.05) is 0 Å². The molecule has 5 aromatic rings. The summed E-state index contributed by atoms with van der Waals surface area (Å²) >= 11 is 0. The second-order valence-electron chi connectivity index (χ2n) is 6.15. The summed E-state index contributed by atoms with van der Waals surface area (Å²) in [7, 11) is 0. The molecule has 0 radical (unpaired) electrons. The average Bonchev–Trinajstić information content (AvgIpc) is 3.33. The number of aliphatic hydroxyl groups excluding tert-OH is 1. The van der Waals surface area contributed by atoms with Crippen LogP contribution in [0.3, 0.4) is 0 Å². The van der Waals surface area contributed by atoms with Crippen LogP contribution in [0.15, 0.2) is 77.6 Å². The molecule has 0 saturated carbocycles. The number of aliphatic hydroxyl groups is 1. The van der Waals surface area contributed by atoms with Crippen LogP contribution in [0.4, 0.5) is 0 Å². The van der Waals surface area contributed by atoms with Gasteiger partial charge < -0.3 is 13.9 Å². The zero-order valence-electron chi connectivity index (χ0n) is 13.8. The second kappa shape index (κ2) is 5.82. The van der Waals surface area contributed by atoms with E-state index >= 15 is 0 Å². The van der Waals surface area contributed by atoms with E-state index in [1.165, 1.54) is 0 Å². The highest BCUT2D eigenvalue weighted by atomic mass is 16.4. The third-order valence-corrected chi connectivity index (χ3v) is 4.44. The van der Waals surface area contributed by atoms with Crippen LogP contribution in [0.1, 0.15) is 5.76 Å². The molecule has 0 amide bonds. The molecule has 5 nitrogen and oxygen atoms in total. The maximum atomic E-state index is 9.16. The van der Waals surface area contributed by atoms with Gasteiger partial charge in [0.1, 0.15) is 23.8 Å². The average molecular weight is 341 g/mol. The Hall–Kier alpha value is -3.44. The summed E-state index contributed by atoms with van der Waals surface area (Å²) in [4.78, 5) is 9.22. The van der Waals surface area contributed by atoms with Crippen molar-refractivity contribution in [1.82, 2.24) is 14.4 Å². The van der Waals surface area contributed by atoms with Gasteiger partial charge in [0.05, 0.1) is 11.2 Å². The van der Waals surface area contributed by atoms with E-state index in [4.69, 9.17) is 14.5 Å². The van der Waals surface area contributed by atoms with E-state index in [2.05, 4.69) is 17.1 Å². The van der Waals surface area contributed by atoms with Crippen molar-refractivity contribution in [2.24, 2.45) is 0 Å². The maximum Gasteiger partial charge on any atom is 0.137 e. The van der Waals surface area contributed by atoms with E-state index in [-0.39, 0.29) is 6.61 Å². The molecule has 0 bridgehead atoms. The van der Waals surface area contributed by atoms with E-state index in [0.717, 1.165) is 39.1 Å². The number of pyridine rings is 2. The van der Waals surface area contributed by atoms with Crippen LogP contribution in [0.2, 0.25) is 0 Å². The van der Waals surface area contributed by atoms with Gasteiger partial charge in [-0.3, -0.25) is 4.98 Å². The standard InChI is InChI=1S/C21H15N3O2/c25-13-17-6-7-20(26-17)15-5-8-21-23-19(12-24(21)11-15)16-9-14-3-1-2-4-18(14)22-10-16/h1-12,25H,13H2. The number of imidazole rings is 1. The first-order valence-corrected chi connectivity index (χ1v) is 8.34. The number of hydrogen-bond donors (Lipinski definition) is 1. The fraction of sp³-hybridized carbons (Fsp3) is 0.0476. The molecule has 0 unspecified atom stereocenters. The lowest BCUT2D eigenvalue weighted by atomic mass is 10.1. The van der Waals surface area contributed by atoms with Gasteiger partial charge in [0.2, 0.25) is 0 Å². The minimum Gasteiger partial charge on any atom is -0.459 e. The predicted octanol–water partition coefficient (Wildman–Crippen LogP) is 4.30. The van der Waals surface area contributed by atoms with Crippen LogP contribution < -0.4 is 0 Å². The first kappa shape index (κ1) is 14.9. The van der Waals surface area contributed by atoms with E-state index < -0.39 is 0 Å². The Labute approximate surface area is 149 Å². The van der Waals surface area contributed by atoms with Crippen LogP contribution in [0.25, 0.3) is 39.1 Å². The van der Waals surface area contributed by atoms with Crippen molar-refractivity contribution in [3.05, 3.63) is 78.9 Å². The fourth-order valence-electron chi connectivity index (χ4n) is 3.11. The summed E-state index contributed by atoms with van der Waals surface area (Å²) in [6, 6.07) is 17.7. The molecule has 5 heteroatoms. The van der Waals surface area contributed by atoms with E-state index in [1.807, 2.05) is 59.4 Å². The normalized spacial score (nSPS) is 11.4. The Kier molecular flexibility index (Phi) is 3.33. The fourth-order valence-corrected chi connectivity index (χ4v) is 3.11. The third kappa shape index (κ3) is 2.46. The molecule has 1 aromatic carbocycles. The zero-order chi connectivity index (χ0) is 17.5. The molecule has 0 aliphatic rings. The molecule has 0 fully saturated rings. The number of fused-ring (bicyclic) bond motifs is 2. The minimum atomic E-state index is -0.105. The van der Waals surface area contributed by atoms with E-state index in [1.54, 1.807) is 6.07 Å². The van der Waals surface area contributed by atoms with Crippen molar-refractivity contribution in [2.45, 2.75) is 6.61 Å². The highest BCUT2D eigenvalue weighted by Crippen LogP contribution is 2.26. The SMILES string of the molecule is OCc1ccc(-c2ccc3nc(-c4cnc5ccccc5c4)cn3c2)o1. The van der Waals surface area contributed by atoms with Gasteiger partial charge in [-0.15, -0.1) is 0 Å². The lowest BCUT2D eigenvalue weighted by molar-refractivity contribution is 0.248. The van der Waals surface area contributed by atoms with E-state index in [9.17, 15) is 0 Å². The van der Waals surface area contributed by atoms with Crippen LogP contribution >= 0.6 is 0 Å². The minimum absolute atomic E-state index is 0.105. The lowest BCUT2D eigenvalue weighted by Gasteiger charge is -1.99. The van der Waals surface area contributed by atoms with Gasteiger partial charge in [-0.25, -0.2) is 4.98 Å². The number of rotatable bonds is 3. The smallest absolute Gasteiger partial charge is 0.137 e. The molecule has 0 atom stereocenters. The molecule has 0 spiro atoms. The number of nitrogens with zero attached hydrogens (tertiary/aromatic N) is 3. The van der Waals surface area contributed by atoms with Crippen molar-refractivity contribution in [3.8, 4) is 22.6 Å². The van der Waals surface area contributed by atoms with Gasteiger partial charge in [0.25, 0.3) is 0 Å². The molecule has 5 rings (SSSR count). The second-order valence-corrected chi connectivity index (χ2v) is 6.15. The summed E-state index contributed by atoms with van der Waals surface area (Å²) in [5.41, 5.74) is 4.61. The Morgan fingerprint density at radius 3 is 2.77 bits per heavy atom. The van der Waals surface area contributed by atoms with Crippen molar-refractivity contribution in [3.63, 3.8) is 0 Å². The topological polar surface area (TPSA) is 63.6 Å². The summed E-state index contributed by atoms with van der Waals surface area (Å²) in [5.74, 6) is 1.27. The Bertz CT molecular complexity index is 1240. The zero-order valence-corrected chi connectivity index (χ0v) is 13.8. The monoisotopic (exact) mass is 341 g/mol. The largest absolute Gasteiger partial charge is 0.459 e. The number of furan rings is 1. The van der Waals surface area contributed by atoms with Crippen molar-refractivity contribution >= 4 is 16.6 Å². The summed E-state index contributed by atoms with van der Waals surface area (Å²) < 4.78 is 7.59. The third-order valence-electron chi connectivity index (χ3n) is 4.44. The first-order valence-electron chi connectivity index (χ1n) is 8.34. The quantitative estimate of drug-likeness (QED) is 0.531. The summed E-state index contributed by atoms with van der Waals surface area (Å²) in [5, 5.41) is 10.3. The van der Waals surface area contributed by atoms with Crippen molar-refractivity contribution < 1.29 is 9.52 Å². The Morgan fingerprint density at radius 1 is 0.962 bits per heavy atom. The lowest BCUT2D eigenvalue weighted by Crippen LogP contribution is -1.84. The van der Waals surface area contributed by atoms with Crippen LogP contribution in [0, 0.1) is 0 Å². The Morgan fingerprint density at radius 2 is 1.88 bits per heavy atom. The molecule has 0 saturated heterocycles. The van der Waals surface area contributed by atoms with Gasteiger partial charge in [-0.05, 0) is 36.4 Å². The first-order chi connectivity index (χ1) is 12.8. The number of benzene rings is 1. The van der Waals surface area contributed by atoms with Gasteiger partial charge in [-0.2, -0.15) is 0 Å². The molecule has 0 aliphatic heterocycles.